The zero-order valence-electron chi connectivity index (χ0n) is 22.3. The number of hydrogen-bond donors (Lipinski definition) is 6. The standard InChI is InChI=1S/C30H44O7/c1-5-6-7-8-12-16-24(3)26(32)22-28(34)30(4,37)27(33)18-13-10-9-11-15-23(2)20-21-25(31)17-14-19-29(35)36/h6-16,19-21,25-28,31-34,37H,5,17-18,22H2,1-4H3,(H,35,36)/b7-6+,11-9+,12-8+,13-10+,19-14+,21-20+,23-15+,24-16+/t25-,26+,27-,28-,30-/m0/s1. The summed E-state index contributed by atoms with van der Waals surface area (Å²) in [5.41, 5.74) is -0.303. The molecular formula is C30H44O7. The molecule has 0 fully saturated rings. The van der Waals surface area contributed by atoms with Crippen LogP contribution in [-0.4, -0.2) is 66.6 Å². The van der Waals surface area contributed by atoms with Crippen molar-refractivity contribution in [2.75, 3.05) is 0 Å². The molecule has 5 atom stereocenters. The molecule has 0 bridgehead atoms. The van der Waals surface area contributed by atoms with Crippen molar-refractivity contribution in [3.63, 3.8) is 0 Å². The molecular weight excluding hydrogens is 472 g/mol. The fourth-order valence-corrected chi connectivity index (χ4v) is 2.96. The Bertz CT molecular complexity index is 901. The van der Waals surface area contributed by atoms with Crippen LogP contribution in [0.3, 0.4) is 0 Å². The number of aliphatic hydroxyl groups excluding tert-OH is 4. The van der Waals surface area contributed by atoms with Crippen molar-refractivity contribution in [1.82, 2.24) is 0 Å². The highest BCUT2D eigenvalue weighted by atomic mass is 16.4. The van der Waals surface area contributed by atoms with Crippen molar-refractivity contribution in [2.45, 2.75) is 83.4 Å². The van der Waals surface area contributed by atoms with Gasteiger partial charge in [-0.15, -0.1) is 0 Å². The number of aliphatic hydroxyl groups is 5. The summed E-state index contributed by atoms with van der Waals surface area (Å²) in [6, 6.07) is 0. The SMILES string of the molecule is CC/C=C/C=C/C=C(\C)[C@H](O)C[C@H](O)[C@@](C)(O)[C@@H](O)C/C=C/C=C/C=C(C)/C=C/[C@@H](O)C/C=C/C(=O)O. The molecule has 0 unspecified atom stereocenters. The molecule has 0 aliphatic heterocycles. The molecule has 0 heterocycles. The molecule has 6 N–H and O–H groups in total. The van der Waals surface area contributed by atoms with Crippen molar-refractivity contribution in [1.29, 1.82) is 0 Å². The number of hydrogen-bond acceptors (Lipinski definition) is 6. The maximum atomic E-state index is 10.6. The Morgan fingerprint density at radius 1 is 0.811 bits per heavy atom. The van der Waals surface area contributed by atoms with Gasteiger partial charge in [-0.3, -0.25) is 0 Å². The summed E-state index contributed by atoms with van der Waals surface area (Å²) in [6.45, 7) is 6.96. The maximum absolute atomic E-state index is 10.6. The molecule has 206 valence electrons. The summed E-state index contributed by atoms with van der Waals surface area (Å²) in [5.74, 6) is -1.06. The first kappa shape index (κ1) is 34.2. The normalized spacial score (nSPS) is 19.1. The summed E-state index contributed by atoms with van der Waals surface area (Å²) < 4.78 is 0. The van der Waals surface area contributed by atoms with E-state index in [1.165, 1.54) is 13.0 Å². The smallest absolute Gasteiger partial charge is 0.327 e. The first-order valence-corrected chi connectivity index (χ1v) is 12.4. The Balaban J connectivity index is 4.72. The lowest BCUT2D eigenvalue weighted by Crippen LogP contribution is -2.50. The zero-order chi connectivity index (χ0) is 28.3. The average Bonchev–Trinajstić information content (AvgIpc) is 2.83. The van der Waals surface area contributed by atoms with Crippen LogP contribution in [-0.2, 0) is 4.79 Å². The van der Waals surface area contributed by atoms with E-state index >= 15 is 0 Å². The monoisotopic (exact) mass is 516 g/mol. The van der Waals surface area contributed by atoms with E-state index in [-0.39, 0.29) is 19.3 Å². The Kier molecular flexibility index (Phi) is 17.9. The third-order valence-corrected chi connectivity index (χ3v) is 5.57. The number of allylic oxidation sites excluding steroid dienone is 11. The van der Waals surface area contributed by atoms with Gasteiger partial charge in [-0.05, 0) is 45.6 Å². The summed E-state index contributed by atoms with van der Waals surface area (Å²) >= 11 is 0. The van der Waals surface area contributed by atoms with Gasteiger partial charge in [-0.2, -0.15) is 0 Å². The second-order valence-electron chi connectivity index (χ2n) is 9.00. The Morgan fingerprint density at radius 3 is 2.05 bits per heavy atom. The van der Waals surface area contributed by atoms with Gasteiger partial charge in [0.25, 0.3) is 0 Å². The van der Waals surface area contributed by atoms with Crippen LogP contribution in [0.25, 0.3) is 0 Å². The summed E-state index contributed by atoms with van der Waals surface area (Å²) in [6.07, 6.45) is 20.5. The highest BCUT2D eigenvalue weighted by Crippen LogP contribution is 2.23. The van der Waals surface area contributed by atoms with Crippen LogP contribution in [0.2, 0.25) is 0 Å². The van der Waals surface area contributed by atoms with Crippen LogP contribution < -0.4 is 0 Å². The van der Waals surface area contributed by atoms with Crippen molar-refractivity contribution in [3.05, 3.63) is 96.2 Å². The van der Waals surface area contributed by atoms with E-state index in [0.717, 1.165) is 18.1 Å². The van der Waals surface area contributed by atoms with E-state index in [9.17, 15) is 30.3 Å². The fraction of sp³-hybridized carbons (Fsp3) is 0.433. The van der Waals surface area contributed by atoms with Gasteiger partial charge in [-0.1, -0.05) is 91.5 Å². The van der Waals surface area contributed by atoms with Crippen LogP contribution in [0.4, 0.5) is 0 Å². The first-order valence-electron chi connectivity index (χ1n) is 12.4. The predicted molar refractivity (Wildman–Crippen MR) is 149 cm³/mol. The van der Waals surface area contributed by atoms with E-state index < -0.39 is 36.0 Å². The molecule has 0 aromatic rings. The third kappa shape index (κ3) is 16.5. The predicted octanol–water partition coefficient (Wildman–Crippen LogP) is 4.08. The van der Waals surface area contributed by atoms with E-state index in [4.69, 9.17) is 5.11 Å². The van der Waals surface area contributed by atoms with E-state index in [0.29, 0.717) is 5.57 Å². The van der Waals surface area contributed by atoms with Crippen molar-refractivity contribution >= 4 is 5.97 Å². The second kappa shape index (κ2) is 19.3. The van der Waals surface area contributed by atoms with Gasteiger partial charge < -0.3 is 30.6 Å². The van der Waals surface area contributed by atoms with Gasteiger partial charge in [0.2, 0.25) is 0 Å². The van der Waals surface area contributed by atoms with Gasteiger partial charge in [0, 0.05) is 12.5 Å². The van der Waals surface area contributed by atoms with Crippen LogP contribution in [0.15, 0.2) is 96.2 Å². The minimum absolute atomic E-state index is 0.102. The molecule has 0 amide bonds. The van der Waals surface area contributed by atoms with Gasteiger partial charge >= 0.3 is 5.97 Å². The van der Waals surface area contributed by atoms with Crippen molar-refractivity contribution in [3.8, 4) is 0 Å². The summed E-state index contributed by atoms with van der Waals surface area (Å²) in [7, 11) is 0. The lowest BCUT2D eigenvalue weighted by Gasteiger charge is -2.34. The Morgan fingerprint density at radius 2 is 1.43 bits per heavy atom. The highest BCUT2D eigenvalue weighted by molar-refractivity contribution is 5.79. The number of aliphatic carboxylic acids is 1. The molecule has 0 spiro atoms. The van der Waals surface area contributed by atoms with Crippen LogP contribution in [0.1, 0.15) is 53.4 Å². The summed E-state index contributed by atoms with van der Waals surface area (Å²) in [4.78, 5) is 10.4. The summed E-state index contributed by atoms with van der Waals surface area (Å²) in [5, 5.41) is 60.1. The third-order valence-electron chi connectivity index (χ3n) is 5.57. The molecule has 7 heteroatoms. The lowest BCUT2D eigenvalue weighted by molar-refractivity contribution is -0.140. The molecule has 0 radical (unpaired) electrons. The van der Waals surface area contributed by atoms with Crippen LogP contribution >= 0.6 is 0 Å². The Labute approximate surface area is 221 Å². The van der Waals surface area contributed by atoms with Crippen molar-refractivity contribution < 1.29 is 35.4 Å². The van der Waals surface area contributed by atoms with E-state index in [2.05, 4.69) is 0 Å². The number of rotatable bonds is 17. The van der Waals surface area contributed by atoms with E-state index in [1.807, 2.05) is 38.2 Å². The number of carbonyl (C=O) groups is 1. The quantitative estimate of drug-likeness (QED) is 0.127. The number of carboxylic acid groups (broad SMARTS) is 1. The van der Waals surface area contributed by atoms with Gasteiger partial charge in [0.05, 0.1) is 24.4 Å². The molecule has 0 aliphatic carbocycles. The lowest BCUT2D eigenvalue weighted by atomic mass is 9.86. The molecule has 7 nitrogen and oxygen atoms in total. The van der Waals surface area contributed by atoms with Crippen molar-refractivity contribution in [2.24, 2.45) is 0 Å². The van der Waals surface area contributed by atoms with Gasteiger partial charge in [-0.25, -0.2) is 4.79 Å². The molecule has 0 saturated carbocycles. The Hall–Kier alpha value is -2.81. The van der Waals surface area contributed by atoms with Crippen LogP contribution in [0, 0.1) is 0 Å². The molecule has 0 aliphatic rings. The van der Waals surface area contributed by atoms with Gasteiger partial charge in [0.15, 0.2) is 0 Å². The molecule has 0 saturated heterocycles. The number of carboxylic acids is 1. The second-order valence-corrected chi connectivity index (χ2v) is 9.00. The first-order chi connectivity index (χ1) is 17.4. The largest absolute Gasteiger partial charge is 0.478 e. The molecule has 37 heavy (non-hydrogen) atoms. The van der Waals surface area contributed by atoms with Crippen LogP contribution in [0.5, 0.6) is 0 Å². The van der Waals surface area contributed by atoms with Gasteiger partial charge in [0.1, 0.15) is 5.60 Å². The topological polar surface area (TPSA) is 138 Å². The minimum atomic E-state index is -1.81. The minimum Gasteiger partial charge on any atom is -0.478 e. The average molecular weight is 517 g/mol. The highest BCUT2D eigenvalue weighted by Gasteiger charge is 2.38. The molecule has 0 rings (SSSR count). The molecule has 0 aromatic carbocycles. The fourth-order valence-electron chi connectivity index (χ4n) is 2.96. The van der Waals surface area contributed by atoms with E-state index in [1.54, 1.807) is 55.5 Å². The molecule has 0 aromatic heterocycles. The maximum Gasteiger partial charge on any atom is 0.327 e. The zero-order valence-corrected chi connectivity index (χ0v) is 22.3.